The molecule has 0 aliphatic carbocycles. The number of hydrogen-bond donors (Lipinski definition) is 1. The van der Waals surface area contributed by atoms with E-state index in [4.69, 9.17) is 9.47 Å². The minimum Gasteiger partial charge on any atom is -0.521 e. The molecule has 2 rings (SSSR count). The van der Waals surface area contributed by atoms with Crippen molar-refractivity contribution >= 4 is 18.0 Å². The molecule has 11 nitrogen and oxygen atoms in total. The van der Waals surface area contributed by atoms with Gasteiger partial charge >= 0.3 is 12.1 Å². The van der Waals surface area contributed by atoms with Crippen molar-refractivity contribution in [1.29, 1.82) is 0 Å². The monoisotopic (exact) mass is 539 g/mol. The molecule has 1 fully saturated rings. The number of alkyl carbamates (subject to hydrolysis) is 1. The Hall–Kier alpha value is -2.01. The summed E-state index contributed by atoms with van der Waals surface area (Å²) in [4.78, 5) is 41.0. The average molecular weight is 539 g/mol. The Balaban J connectivity index is 0.00000332. The smallest absolute Gasteiger partial charge is 0.408 e. The Morgan fingerprint density at radius 2 is 1.79 bits per heavy atom. The molecule has 2 heterocycles. The first-order chi connectivity index (χ1) is 14.7. The van der Waals surface area contributed by atoms with Crippen LogP contribution in [-0.4, -0.2) is 74.4 Å². The predicted molar refractivity (Wildman–Crippen MR) is 116 cm³/mol. The second-order valence-corrected chi connectivity index (χ2v) is 9.39. The summed E-state index contributed by atoms with van der Waals surface area (Å²) in [5.74, 6) is -0.722. The fourth-order valence-corrected chi connectivity index (χ4v) is 3.23. The Morgan fingerprint density at radius 1 is 1.21 bits per heavy atom. The van der Waals surface area contributed by atoms with Crippen LogP contribution in [0.4, 0.5) is 4.79 Å². The van der Waals surface area contributed by atoms with Gasteiger partial charge in [-0.1, -0.05) is 20.8 Å². The van der Waals surface area contributed by atoms with Crippen LogP contribution < -0.4 is 5.32 Å². The zero-order valence-corrected chi connectivity index (χ0v) is 23.3. The number of tetrazole rings is 1. The van der Waals surface area contributed by atoms with E-state index < -0.39 is 41.1 Å². The molecule has 0 saturated carbocycles. The first-order valence-electron chi connectivity index (χ1n) is 10.1. The van der Waals surface area contributed by atoms with Crippen molar-refractivity contribution < 1.29 is 56.6 Å². The molecule has 0 unspecified atom stereocenters. The quantitative estimate of drug-likeness (QED) is 0.453. The molecular formula is C21H34N6O5Y-2. The van der Waals surface area contributed by atoms with Crippen LogP contribution in [-0.2, 0) is 51.8 Å². The first kappa shape index (κ1) is 31.0. The van der Waals surface area contributed by atoms with Gasteiger partial charge in [0.15, 0.2) is 0 Å². The first-order valence-corrected chi connectivity index (χ1v) is 10.1. The molecule has 0 bridgehead atoms. The number of carbonyl (C=O) groups is 3. The van der Waals surface area contributed by atoms with Crippen LogP contribution in [0.25, 0.3) is 0 Å². The molecule has 1 N–H and O–H groups in total. The van der Waals surface area contributed by atoms with E-state index in [0.717, 1.165) is 0 Å². The van der Waals surface area contributed by atoms with Gasteiger partial charge in [-0.25, -0.2) is 9.59 Å². The van der Waals surface area contributed by atoms with Crippen LogP contribution in [0.15, 0.2) is 6.58 Å². The molecule has 2 amide bonds. The fraction of sp³-hybridized carbons (Fsp3) is 0.667. The second kappa shape index (κ2) is 12.5. The van der Waals surface area contributed by atoms with E-state index in [0.29, 0.717) is 0 Å². The largest absolute Gasteiger partial charge is 0.521 e. The van der Waals surface area contributed by atoms with Crippen LogP contribution in [0.1, 0.15) is 59.8 Å². The molecule has 1 aromatic heterocycles. The zero-order chi connectivity index (χ0) is 24.9. The van der Waals surface area contributed by atoms with Crippen molar-refractivity contribution in [2.45, 2.75) is 71.7 Å². The maximum absolute atomic E-state index is 13.5. The number of hydrogen-bond acceptors (Lipinski definition) is 8. The predicted octanol–water partition coefficient (Wildman–Crippen LogP) is 1.71. The number of nitrogens with zero attached hydrogens (tertiary/aromatic N) is 5. The van der Waals surface area contributed by atoms with Gasteiger partial charge in [-0.05, 0) is 31.4 Å². The summed E-state index contributed by atoms with van der Waals surface area (Å²) in [5.41, 5.74) is -1.35. The van der Waals surface area contributed by atoms with Gasteiger partial charge in [0.2, 0.25) is 5.91 Å². The third kappa shape index (κ3) is 8.69. The minimum absolute atomic E-state index is 0. The molecule has 1 aliphatic heterocycles. The van der Waals surface area contributed by atoms with Gasteiger partial charge in [-0.3, -0.25) is 11.4 Å². The maximum atomic E-state index is 13.5. The molecule has 183 valence electrons. The zero-order valence-electron chi connectivity index (χ0n) is 20.5. The van der Waals surface area contributed by atoms with E-state index >= 15 is 0 Å². The maximum Gasteiger partial charge on any atom is 0.408 e. The number of methoxy groups -OCH3 is 1. The molecule has 12 heteroatoms. The summed E-state index contributed by atoms with van der Waals surface area (Å²) in [7, 11) is 1.26. The van der Waals surface area contributed by atoms with Crippen molar-refractivity contribution in [2.24, 2.45) is 5.41 Å². The van der Waals surface area contributed by atoms with Gasteiger partial charge < -0.3 is 33.2 Å². The molecule has 1 radical (unpaired) electrons. The molecule has 33 heavy (non-hydrogen) atoms. The number of amides is 2. The Bertz CT molecular complexity index is 817. The Morgan fingerprint density at radius 3 is 2.21 bits per heavy atom. The van der Waals surface area contributed by atoms with E-state index in [1.807, 2.05) is 20.8 Å². The van der Waals surface area contributed by atoms with Gasteiger partial charge in [0, 0.05) is 51.5 Å². The molecule has 1 aliphatic rings. The number of aromatic nitrogens is 4. The van der Waals surface area contributed by atoms with E-state index in [2.05, 4.69) is 40.8 Å². The van der Waals surface area contributed by atoms with Crippen molar-refractivity contribution in [2.75, 3.05) is 13.7 Å². The normalized spacial score (nSPS) is 18.8. The van der Waals surface area contributed by atoms with E-state index in [9.17, 15) is 14.4 Å². The molecule has 0 aromatic carbocycles. The van der Waals surface area contributed by atoms with Crippen LogP contribution in [0, 0.1) is 18.9 Å². The number of esters is 1. The number of rotatable bonds is 4. The van der Waals surface area contributed by atoms with E-state index in [-0.39, 0.29) is 57.5 Å². The van der Waals surface area contributed by atoms with Crippen molar-refractivity contribution in [1.82, 2.24) is 30.4 Å². The third-order valence-electron chi connectivity index (χ3n) is 4.61. The summed E-state index contributed by atoms with van der Waals surface area (Å²) < 4.78 is 10.2. The summed E-state index contributed by atoms with van der Waals surface area (Å²) in [6, 6.07) is -2.13. The van der Waals surface area contributed by atoms with Gasteiger partial charge in [0.05, 0.1) is 13.2 Å². The van der Waals surface area contributed by atoms with Crippen LogP contribution in [0.5, 0.6) is 0 Å². The van der Waals surface area contributed by atoms with Crippen LogP contribution in [0.2, 0.25) is 0 Å². The second-order valence-electron chi connectivity index (χ2n) is 9.39. The van der Waals surface area contributed by atoms with Gasteiger partial charge in [0.1, 0.15) is 17.7 Å². The summed E-state index contributed by atoms with van der Waals surface area (Å²) in [5, 5.41) is 14.4. The molecule has 0 spiro atoms. The van der Waals surface area contributed by atoms with Gasteiger partial charge in [0.25, 0.3) is 0 Å². The van der Waals surface area contributed by atoms with Crippen molar-refractivity contribution in [3.8, 4) is 0 Å². The molecule has 3 atom stereocenters. The van der Waals surface area contributed by atoms with E-state index in [1.165, 1.54) is 16.8 Å². The molecule has 1 aromatic rings. The molecular weight excluding hydrogens is 505 g/mol. The fourth-order valence-electron chi connectivity index (χ4n) is 3.23. The number of nitrogens with one attached hydrogen (secondary N) is 1. The van der Waals surface area contributed by atoms with Gasteiger partial charge in [-0.15, -0.1) is 5.10 Å². The van der Waals surface area contributed by atoms with E-state index in [1.54, 1.807) is 20.8 Å². The Labute approximate surface area is 220 Å². The number of likely N-dealkylation sites (tertiary alicyclic amines) is 1. The van der Waals surface area contributed by atoms with Crippen molar-refractivity contribution in [3.63, 3.8) is 0 Å². The standard InChI is InChI=1S/C19H31N6O5.C2H3.Y/c1-11-21-23-25(22-11)12-9-13(16(27)29-8)24(10-12)15(26)14(18(2,3)4)20-17(28)30-19(5,6)7;1-2;/h12-14H,1,9-10H2,2-8H3,(H,20,28);1H,2H2;/q2*-1;/t12-,13+,14-;;/m1../s1. The van der Waals surface area contributed by atoms with Gasteiger partial charge in [-0.2, -0.15) is 9.90 Å². The minimum atomic E-state index is -0.926. The summed E-state index contributed by atoms with van der Waals surface area (Å²) in [6.45, 7) is 21.5. The Kier molecular flexibility index (Phi) is 11.7. The van der Waals surface area contributed by atoms with Crippen LogP contribution in [0.3, 0.4) is 0 Å². The van der Waals surface area contributed by atoms with Crippen molar-refractivity contribution in [3.05, 3.63) is 25.9 Å². The van der Waals surface area contributed by atoms with Crippen LogP contribution >= 0.6 is 0 Å². The topological polar surface area (TPSA) is 129 Å². The number of ether oxygens (including phenoxy) is 2. The summed E-state index contributed by atoms with van der Waals surface area (Å²) in [6.07, 6.45) is -0.446. The third-order valence-corrected chi connectivity index (χ3v) is 4.61. The molecule has 1 saturated heterocycles. The summed E-state index contributed by atoms with van der Waals surface area (Å²) >= 11 is 0. The average Bonchev–Trinajstić information content (AvgIpc) is 3.30. The SMILES string of the molecule is [CH-]=C.[CH2-]c1nnn([C@@H]2C[C@@H](C(=O)OC)N(C(=O)[C@@H](NC(=O)OC(C)(C)C)C(C)(C)C)C2)n1.[Y]. The number of carbonyl (C=O) groups excluding carboxylic acids is 3.